The number of ether oxygens (including phenoxy) is 1. The van der Waals surface area contributed by atoms with Gasteiger partial charge in [0.15, 0.2) is 6.10 Å². The van der Waals surface area contributed by atoms with Crippen LogP contribution in [-0.4, -0.2) is 23.4 Å². The van der Waals surface area contributed by atoms with Crippen molar-refractivity contribution in [2.45, 2.75) is 18.7 Å². The topological polar surface area (TPSA) is 46.5 Å². The van der Waals surface area contributed by atoms with E-state index in [1.165, 1.54) is 12.1 Å². The summed E-state index contributed by atoms with van der Waals surface area (Å²) >= 11 is 0. The lowest BCUT2D eigenvalue weighted by Crippen LogP contribution is -2.32. The number of aliphatic hydroxyl groups excluding tert-OH is 1. The monoisotopic (exact) mass is 234 g/mol. The molecule has 0 aromatic heterocycles. The van der Waals surface area contributed by atoms with Gasteiger partial charge in [-0.3, -0.25) is 4.79 Å². The van der Waals surface area contributed by atoms with Gasteiger partial charge in [0.1, 0.15) is 5.75 Å². The van der Waals surface area contributed by atoms with Crippen LogP contribution < -0.4 is 4.74 Å². The average molecular weight is 234 g/mol. The third-order valence-corrected chi connectivity index (χ3v) is 1.71. The molecule has 0 fully saturated rings. The molecule has 1 atom stereocenters. The molecule has 0 radical (unpaired) electrons. The van der Waals surface area contributed by atoms with Crippen LogP contribution in [0.5, 0.6) is 5.75 Å². The number of aliphatic hydroxyl groups is 1. The fourth-order valence-corrected chi connectivity index (χ4v) is 0.935. The quantitative estimate of drug-likeness (QED) is 0.641. The van der Waals surface area contributed by atoms with Gasteiger partial charge >= 0.3 is 12.1 Å². The van der Waals surface area contributed by atoms with E-state index in [-0.39, 0.29) is 5.75 Å². The Bertz CT molecular complexity index is 348. The van der Waals surface area contributed by atoms with Crippen molar-refractivity contribution in [1.29, 1.82) is 0 Å². The number of rotatable bonds is 3. The fourth-order valence-electron chi connectivity index (χ4n) is 0.935. The maximum atomic E-state index is 11.9. The summed E-state index contributed by atoms with van der Waals surface area (Å²) < 4.78 is 40.3. The molecular weight excluding hydrogens is 225 g/mol. The summed E-state index contributed by atoms with van der Waals surface area (Å²) in [5, 5.41) is 8.61. The van der Waals surface area contributed by atoms with Crippen molar-refractivity contribution >= 4 is 5.97 Å². The number of alkyl halides is 3. The van der Waals surface area contributed by atoms with Crippen molar-refractivity contribution in [1.82, 2.24) is 0 Å². The lowest BCUT2D eigenvalue weighted by molar-refractivity contribution is -0.207. The highest BCUT2D eigenvalue weighted by Crippen LogP contribution is 2.22. The Balaban J connectivity index is 2.49. The molecule has 0 heterocycles. The first kappa shape index (κ1) is 12.5. The van der Waals surface area contributed by atoms with Crippen LogP contribution in [-0.2, 0) is 4.79 Å². The van der Waals surface area contributed by atoms with Gasteiger partial charge in [-0.1, -0.05) is 18.2 Å². The van der Waals surface area contributed by atoms with Crippen molar-refractivity contribution in [2.24, 2.45) is 0 Å². The van der Waals surface area contributed by atoms with E-state index in [1.54, 1.807) is 18.2 Å². The van der Waals surface area contributed by atoms with Gasteiger partial charge in [-0.2, -0.15) is 13.2 Å². The lowest BCUT2D eigenvalue weighted by Gasteiger charge is -2.13. The highest BCUT2D eigenvalue weighted by atomic mass is 19.4. The molecule has 88 valence electrons. The predicted octanol–water partition coefficient (Wildman–Crippen LogP) is 1.91. The van der Waals surface area contributed by atoms with Crippen molar-refractivity contribution in [3.05, 3.63) is 30.3 Å². The SMILES string of the molecule is O=C(CC(O)C(F)(F)F)Oc1ccccc1. The number of esters is 1. The van der Waals surface area contributed by atoms with Gasteiger partial charge in [-0.15, -0.1) is 0 Å². The van der Waals surface area contributed by atoms with Gasteiger partial charge in [0, 0.05) is 0 Å². The van der Waals surface area contributed by atoms with Crippen LogP contribution in [0.1, 0.15) is 6.42 Å². The molecule has 0 saturated heterocycles. The molecule has 6 heteroatoms. The summed E-state index contributed by atoms with van der Waals surface area (Å²) in [6, 6.07) is 7.67. The first-order valence-electron chi connectivity index (χ1n) is 4.40. The van der Waals surface area contributed by atoms with E-state index in [2.05, 4.69) is 4.74 Å². The van der Waals surface area contributed by atoms with Crippen LogP contribution in [0.2, 0.25) is 0 Å². The number of benzene rings is 1. The molecule has 0 aliphatic heterocycles. The van der Waals surface area contributed by atoms with E-state index in [4.69, 9.17) is 5.11 Å². The van der Waals surface area contributed by atoms with Crippen molar-refractivity contribution in [3.8, 4) is 5.75 Å². The van der Waals surface area contributed by atoms with Crippen LogP contribution in [0.4, 0.5) is 13.2 Å². The maximum absolute atomic E-state index is 11.9. The summed E-state index contributed by atoms with van der Waals surface area (Å²) in [5.74, 6) is -0.988. The fraction of sp³-hybridized carbons (Fsp3) is 0.300. The summed E-state index contributed by atoms with van der Waals surface area (Å²) in [6.07, 6.45) is -8.61. The average Bonchev–Trinajstić information content (AvgIpc) is 2.17. The van der Waals surface area contributed by atoms with Gasteiger partial charge < -0.3 is 9.84 Å². The second-order valence-corrected chi connectivity index (χ2v) is 3.05. The van der Waals surface area contributed by atoms with Crippen LogP contribution in [0.25, 0.3) is 0 Å². The van der Waals surface area contributed by atoms with Crippen LogP contribution >= 0.6 is 0 Å². The predicted molar refractivity (Wildman–Crippen MR) is 48.8 cm³/mol. The molecule has 1 unspecified atom stereocenters. The van der Waals surface area contributed by atoms with Gasteiger partial charge in [0.2, 0.25) is 0 Å². The molecule has 1 aromatic rings. The lowest BCUT2D eigenvalue weighted by atomic mass is 10.2. The van der Waals surface area contributed by atoms with Crippen molar-refractivity contribution < 1.29 is 27.8 Å². The smallest absolute Gasteiger partial charge is 0.414 e. The van der Waals surface area contributed by atoms with Crippen LogP contribution in [0.3, 0.4) is 0 Å². The van der Waals surface area contributed by atoms with Gasteiger partial charge in [0.05, 0.1) is 6.42 Å². The van der Waals surface area contributed by atoms with Crippen LogP contribution in [0.15, 0.2) is 30.3 Å². The number of halogens is 3. The molecular formula is C10H9F3O3. The van der Waals surface area contributed by atoms with Gasteiger partial charge in [0.25, 0.3) is 0 Å². The minimum atomic E-state index is -4.81. The molecule has 0 aliphatic carbocycles. The summed E-state index contributed by atoms with van der Waals surface area (Å²) in [4.78, 5) is 11.0. The number of hydrogen-bond donors (Lipinski definition) is 1. The van der Waals surface area contributed by atoms with Crippen molar-refractivity contribution in [3.63, 3.8) is 0 Å². The molecule has 0 aliphatic rings. The van der Waals surface area contributed by atoms with Crippen LogP contribution in [0, 0.1) is 0 Å². The molecule has 1 rings (SSSR count). The van der Waals surface area contributed by atoms with E-state index in [9.17, 15) is 18.0 Å². The molecule has 0 saturated carbocycles. The molecule has 0 bridgehead atoms. The summed E-state index contributed by atoms with van der Waals surface area (Å²) in [6.45, 7) is 0. The van der Waals surface area contributed by atoms with Gasteiger partial charge in [-0.05, 0) is 12.1 Å². The minimum Gasteiger partial charge on any atom is -0.426 e. The number of hydrogen-bond acceptors (Lipinski definition) is 3. The largest absolute Gasteiger partial charge is 0.426 e. The van der Waals surface area contributed by atoms with E-state index < -0.39 is 24.7 Å². The highest BCUT2D eigenvalue weighted by molar-refractivity contribution is 5.72. The Morgan fingerprint density at radius 2 is 1.88 bits per heavy atom. The second-order valence-electron chi connectivity index (χ2n) is 3.05. The van der Waals surface area contributed by atoms with E-state index >= 15 is 0 Å². The standard InChI is InChI=1S/C10H9F3O3/c11-10(12,13)8(14)6-9(15)16-7-4-2-1-3-5-7/h1-5,8,14H,6H2. The normalized spacial score (nSPS) is 13.2. The number of para-hydroxylation sites is 1. The summed E-state index contributed by atoms with van der Waals surface area (Å²) in [5.41, 5.74) is 0. The molecule has 0 amide bonds. The van der Waals surface area contributed by atoms with Gasteiger partial charge in [-0.25, -0.2) is 0 Å². The third kappa shape index (κ3) is 3.90. The zero-order chi connectivity index (χ0) is 12.2. The van der Waals surface area contributed by atoms with E-state index in [1.807, 2.05) is 0 Å². The Hall–Kier alpha value is -1.56. The number of carbonyl (C=O) groups is 1. The van der Waals surface area contributed by atoms with Crippen molar-refractivity contribution in [2.75, 3.05) is 0 Å². The first-order valence-corrected chi connectivity index (χ1v) is 4.40. The summed E-state index contributed by atoms with van der Waals surface area (Å²) in [7, 11) is 0. The first-order chi connectivity index (χ1) is 7.39. The number of carbonyl (C=O) groups excluding carboxylic acids is 1. The van der Waals surface area contributed by atoms with E-state index in [0.717, 1.165) is 0 Å². The maximum Gasteiger partial charge on any atom is 0.414 e. The Morgan fingerprint density at radius 3 is 2.38 bits per heavy atom. The zero-order valence-corrected chi connectivity index (χ0v) is 8.07. The highest BCUT2D eigenvalue weighted by Gasteiger charge is 2.39. The minimum absolute atomic E-state index is 0.141. The zero-order valence-electron chi connectivity index (χ0n) is 8.07. The molecule has 3 nitrogen and oxygen atoms in total. The molecule has 1 aromatic carbocycles. The molecule has 0 spiro atoms. The molecule has 1 N–H and O–H groups in total. The third-order valence-electron chi connectivity index (χ3n) is 1.71. The second kappa shape index (κ2) is 4.98. The Kier molecular flexibility index (Phi) is 3.89. The van der Waals surface area contributed by atoms with E-state index in [0.29, 0.717) is 0 Å². The Morgan fingerprint density at radius 1 is 1.31 bits per heavy atom. The molecule has 16 heavy (non-hydrogen) atoms. The Labute approximate surface area is 89.5 Å².